The lowest BCUT2D eigenvalue weighted by atomic mass is 9.99. The zero-order chi connectivity index (χ0) is 13.2. The van der Waals surface area contributed by atoms with E-state index in [1.807, 2.05) is 24.3 Å². The summed E-state index contributed by atoms with van der Waals surface area (Å²) in [7, 11) is 0. The molecule has 0 unspecified atom stereocenters. The Labute approximate surface area is 110 Å². The summed E-state index contributed by atoms with van der Waals surface area (Å²) >= 11 is 0. The summed E-state index contributed by atoms with van der Waals surface area (Å²) in [6, 6.07) is 11.0. The van der Waals surface area contributed by atoms with Crippen molar-refractivity contribution in [2.45, 2.75) is 13.0 Å². The van der Waals surface area contributed by atoms with Crippen LogP contribution in [-0.4, -0.2) is 23.6 Å². The van der Waals surface area contributed by atoms with Gasteiger partial charge in [0.25, 0.3) is 5.91 Å². The van der Waals surface area contributed by atoms with Crippen LogP contribution in [0.25, 0.3) is 0 Å². The van der Waals surface area contributed by atoms with Crippen LogP contribution in [0.3, 0.4) is 0 Å². The van der Waals surface area contributed by atoms with Crippen LogP contribution in [0.1, 0.15) is 32.2 Å². The third-order valence-electron chi connectivity index (χ3n) is 3.33. The van der Waals surface area contributed by atoms with E-state index in [2.05, 4.69) is 0 Å². The monoisotopic (exact) mass is 255 g/mol. The summed E-state index contributed by atoms with van der Waals surface area (Å²) in [5.74, 6) is 0.945. The van der Waals surface area contributed by atoms with E-state index in [4.69, 9.17) is 4.42 Å². The second-order valence-corrected chi connectivity index (χ2v) is 4.56. The molecule has 3 rings (SSSR count). The maximum atomic E-state index is 12.3. The van der Waals surface area contributed by atoms with E-state index in [0.717, 1.165) is 17.5 Å². The highest BCUT2D eigenvalue weighted by Gasteiger charge is 2.24. The Kier molecular flexibility index (Phi) is 2.91. The summed E-state index contributed by atoms with van der Waals surface area (Å²) in [6.07, 6.45) is 1.51. The molecule has 1 amide bonds. The first-order valence-corrected chi connectivity index (χ1v) is 6.19. The molecule has 1 aliphatic heterocycles. The van der Waals surface area contributed by atoms with E-state index < -0.39 is 0 Å². The molecule has 0 bridgehead atoms. The third-order valence-corrected chi connectivity index (χ3v) is 3.33. The van der Waals surface area contributed by atoms with E-state index in [1.165, 1.54) is 0 Å². The third kappa shape index (κ3) is 2.17. The maximum absolute atomic E-state index is 12.3. The van der Waals surface area contributed by atoms with Crippen molar-refractivity contribution in [3.63, 3.8) is 0 Å². The molecule has 0 radical (unpaired) electrons. The molecule has 0 fully saturated rings. The summed E-state index contributed by atoms with van der Waals surface area (Å²) in [6.45, 7) is 1.08. The van der Waals surface area contributed by atoms with Gasteiger partial charge < -0.3 is 9.32 Å². The highest BCUT2D eigenvalue weighted by molar-refractivity contribution is 5.96. The number of furan rings is 1. The smallest absolute Gasteiger partial charge is 0.254 e. The van der Waals surface area contributed by atoms with E-state index in [-0.39, 0.29) is 5.91 Å². The van der Waals surface area contributed by atoms with Crippen LogP contribution in [-0.2, 0) is 13.0 Å². The summed E-state index contributed by atoms with van der Waals surface area (Å²) in [5, 5.41) is 0. The topological polar surface area (TPSA) is 50.5 Å². The number of rotatable bonds is 3. The lowest BCUT2D eigenvalue weighted by molar-refractivity contribution is 0.0714. The van der Waals surface area contributed by atoms with Gasteiger partial charge in [-0.3, -0.25) is 9.59 Å². The molecule has 0 saturated heterocycles. The van der Waals surface area contributed by atoms with Gasteiger partial charge in [-0.2, -0.15) is 0 Å². The highest BCUT2D eigenvalue weighted by atomic mass is 16.3. The van der Waals surface area contributed by atoms with Crippen LogP contribution in [0.2, 0.25) is 0 Å². The van der Waals surface area contributed by atoms with Crippen molar-refractivity contribution in [3.05, 3.63) is 59.0 Å². The van der Waals surface area contributed by atoms with Gasteiger partial charge in [0.05, 0.1) is 6.54 Å². The lowest BCUT2D eigenvalue weighted by Crippen LogP contribution is -2.36. The second kappa shape index (κ2) is 4.72. The SMILES string of the molecule is O=Cc1ccc(CN2CCc3ccccc3C2=O)o1. The molecule has 2 aromatic rings. The van der Waals surface area contributed by atoms with Gasteiger partial charge in [0.1, 0.15) is 5.76 Å². The molecule has 0 saturated carbocycles. The number of benzene rings is 1. The number of hydrogen-bond donors (Lipinski definition) is 0. The fraction of sp³-hybridized carbons (Fsp3) is 0.200. The molecule has 0 N–H and O–H groups in total. The van der Waals surface area contributed by atoms with Gasteiger partial charge >= 0.3 is 0 Å². The number of hydrogen-bond acceptors (Lipinski definition) is 3. The summed E-state index contributed by atoms with van der Waals surface area (Å²) < 4.78 is 5.31. The van der Waals surface area contributed by atoms with Crippen LogP contribution in [0.15, 0.2) is 40.8 Å². The maximum Gasteiger partial charge on any atom is 0.254 e. The van der Waals surface area contributed by atoms with Crippen molar-refractivity contribution in [2.24, 2.45) is 0 Å². The predicted molar refractivity (Wildman–Crippen MR) is 69.0 cm³/mol. The minimum absolute atomic E-state index is 0.0194. The van der Waals surface area contributed by atoms with Crippen LogP contribution in [0, 0.1) is 0 Å². The Balaban J connectivity index is 1.80. The number of fused-ring (bicyclic) bond motifs is 1. The first kappa shape index (κ1) is 11.7. The molecule has 4 nitrogen and oxygen atoms in total. The van der Waals surface area contributed by atoms with Crippen molar-refractivity contribution in [1.29, 1.82) is 0 Å². The molecule has 0 atom stereocenters. The van der Waals surface area contributed by atoms with Gasteiger partial charge in [0.15, 0.2) is 12.0 Å². The van der Waals surface area contributed by atoms with Crippen molar-refractivity contribution in [2.75, 3.05) is 6.54 Å². The molecule has 1 aromatic heterocycles. The molecule has 1 aliphatic rings. The molecule has 0 spiro atoms. The quantitative estimate of drug-likeness (QED) is 0.791. The van der Waals surface area contributed by atoms with Gasteiger partial charge in [0, 0.05) is 12.1 Å². The minimum atomic E-state index is 0.0194. The van der Waals surface area contributed by atoms with Gasteiger partial charge in [-0.1, -0.05) is 18.2 Å². The van der Waals surface area contributed by atoms with Crippen LogP contribution < -0.4 is 0 Å². The van der Waals surface area contributed by atoms with E-state index in [0.29, 0.717) is 30.9 Å². The molecule has 0 aliphatic carbocycles. The molecule has 1 aromatic carbocycles. The van der Waals surface area contributed by atoms with Crippen LogP contribution >= 0.6 is 0 Å². The van der Waals surface area contributed by atoms with Crippen molar-refractivity contribution in [3.8, 4) is 0 Å². The van der Waals surface area contributed by atoms with E-state index in [9.17, 15) is 9.59 Å². The molecule has 4 heteroatoms. The normalized spacial score (nSPS) is 14.3. The summed E-state index contributed by atoms with van der Waals surface area (Å²) in [5.41, 5.74) is 1.85. The number of amides is 1. The highest BCUT2D eigenvalue weighted by Crippen LogP contribution is 2.20. The average Bonchev–Trinajstić information content (AvgIpc) is 2.90. The molecule has 19 heavy (non-hydrogen) atoms. The predicted octanol–water partition coefficient (Wildman–Crippen LogP) is 2.29. The molecule has 2 heterocycles. The molecular weight excluding hydrogens is 242 g/mol. The Morgan fingerprint density at radius 2 is 2.05 bits per heavy atom. The second-order valence-electron chi connectivity index (χ2n) is 4.56. The van der Waals surface area contributed by atoms with E-state index in [1.54, 1.807) is 17.0 Å². The van der Waals surface area contributed by atoms with Crippen LogP contribution in [0.5, 0.6) is 0 Å². The van der Waals surface area contributed by atoms with Crippen molar-refractivity contribution < 1.29 is 14.0 Å². The first-order valence-electron chi connectivity index (χ1n) is 6.19. The number of carbonyl (C=O) groups excluding carboxylic acids is 2. The van der Waals surface area contributed by atoms with Crippen molar-refractivity contribution in [1.82, 2.24) is 4.90 Å². The Bertz CT molecular complexity index is 630. The lowest BCUT2D eigenvalue weighted by Gasteiger charge is -2.27. The average molecular weight is 255 g/mol. The minimum Gasteiger partial charge on any atom is -0.456 e. The van der Waals surface area contributed by atoms with E-state index >= 15 is 0 Å². The molecule has 96 valence electrons. The van der Waals surface area contributed by atoms with Crippen molar-refractivity contribution >= 4 is 12.2 Å². The Morgan fingerprint density at radius 1 is 1.21 bits per heavy atom. The Hall–Kier alpha value is -2.36. The standard InChI is InChI=1S/C15H13NO3/c17-10-13-6-5-12(19-13)9-16-8-7-11-3-1-2-4-14(11)15(16)18/h1-6,10H,7-9H2. The number of aldehydes is 1. The van der Waals surface area contributed by atoms with Crippen LogP contribution in [0.4, 0.5) is 0 Å². The zero-order valence-corrected chi connectivity index (χ0v) is 10.3. The fourth-order valence-electron chi connectivity index (χ4n) is 2.36. The molecular formula is C15H13NO3. The van der Waals surface area contributed by atoms with Gasteiger partial charge in [-0.15, -0.1) is 0 Å². The fourth-order valence-corrected chi connectivity index (χ4v) is 2.36. The Morgan fingerprint density at radius 3 is 2.84 bits per heavy atom. The number of carbonyl (C=O) groups is 2. The first-order chi connectivity index (χ1) is 9.28. The summed E-state index contributed by atoms with van der Waals surface area (Å²) in [4.78, 5) is 24.6. The number of nitrogens with zero attached hydrogens (tertiary/aromatic N) is 1. The van der Waals surface area contributed by atoms with Gasteiger partial charge in [-0.25, -0.2) is 0 Å². The van der Waals surface area contributed by atoms with Gasteiger partial charge in [-0.05, 0) is 30.2 Å². The van der Waals surface area contributed by atoms with Gasteiger partial charge in [0.2, 0.25) is 0 Å². The largest absolute Gasteiger partial charge is 0.456 e. The zero-order valence-electron chi connectivity index (χ0n) is 10.3.